The Labute approximate surface area is 154 Å². The zero-order valence-corrected chi connectivity index (χ0v) is 15.8. The predicted octanol–water partition coefficient (Wildman–Crippen LogP) is 2.90. The van der Waals surface area contributed by atoms with Gasteiger partial charge in [-0.3, -0.25) is 19.2 Å². The van der Waals surface area contributed by atoms with Crippen molar-refractivity contribution in [3.63, 3.8) is 0 Å². The van der Waals surface area contributed by atoms with Crippen LogP contribution in [0.3, 0.4) is 0 Å². The van der Waals surface area contributed by atoms with Crippen molar-refractivity contribution in [1.29, 1.82) is 0 Å². The molecule has 0 aliphatic carbocycles. The maximum absolute atomic E-state index is 4.84. The first-order chi connectivity index (χ1) is 12.6. The zero-order chi connectivity index (χ0) is 18.1. The Morgan fingerprint density at radius 3 is 2.54 bits per heavy atom. The summed E-state index contributed by atoms with van der Waals surface area (Å²) in [7, 11) is 3.97. The van der Waals surface area contributed by atoms with Crippen molar-refractivity contribution in [2.45, 2.75) is 32.2 Å². The Morgan fingerprint density at radius 1 is 1.08 bits per heavy atom. The van der Waals surface area contributed by atoms with Crippen molar-refractivity contribution < 1.29 is 0 Å². The van der Waals surface area contributed by atoms with E-state index in [0.29, 0.717) is 5.92 Å². The average Bonchev–Trinajstić information content (AvgIpc) is 3.24. The van der Waals surface area contributed by atoms with Gasteiger partial charge in [-0.15, -0.1) is 0 Å². The van der Waals surface area contributed by atoms with Gasteiger partial charge < -0.3 is 0 Å². The number of aromatic nitrogens is 5. The Morgan fingerprint density at radius 2 is 1.88 bits per heavy atom. The van der Waals surface area contributed by atoms with Crippen LogP contribution in [0, 0.1) is 6.92 Å². The second-order valence-corrected chi connectivity index (χ2v) is 7.32. The van der Waals surface area contributed by atoms with Crippen LogP contribution in [0.2, 0.25) is 0 Å². The molecule has 0 radical (unpaired) electrons. The van der Waals surface area contributed by atoms with Crippen LogP contribution in [0.5, 0.6) is 0 Å². The normalized spacial score (nSPS) is 16.3. The Bertz CT molecular complexity index is 885. The van der Waals surface area contributed by atoms with E-state index in [1.807, 2.05) is 35.9 Å². The summed E-state index contributed by atoms with van der Waals surface area (Å²) < 4.78 is 3.82. The molecule has 1 saturated heterocycles. The maximum atomic E-state index is 4.84. The number of likely N-dealkylation sites (tertiary alicyclic amines) is 1. The van der Waals surface area contributed by atoms with Crippen molar-refractivity contribution in [3.05, 3.63) is 53.9 Å². The highest BCUT2D eigenvalue weighted by Gasteiger charge is 2.23. The molecule has 1 aliphatic rings. The molecule has 0 atom stereocenters. The van der Waals surface area contributed by atoms with Gasteiger partial charge in [0.25, 0.3) is 0 Å². The molecule has 0 spiro atoms. The fourth-order valence-corrected chi connectivity index (χ4v) is 3.81. The molecular formula is C20H26N6. The molecule has 136 valence electrons. The molecule has 0 unspecified atom stereocenters. The van der Waals surface area contributed by atoms with Crippen LogP contribution in [0.25, 0.3) is 11.1 Å². The van der Waals surface area contributed by atoms with E-state index in [4.69, 9.17) is 4.98 Å². The summed E-state index contributed by atoms with van der Waals surface area (Å²) >= 11 is 0. The van der Waals surface area contributed by atoms with E-state index < -0.39 is 0 Å². The minimum absolute atomic E-state index is 0.535. The monoisotopic (exact) mass is 350 g/mol. The van der Waals surface area contributed by atoms with Gasteiger partial charge >= 0.3 is 0 Å². The predicted molar refractivity (Wildman–Crippen MR) is 102 cm³/mol. The molecule has 1 aliphatic heterocycles. The van der Waals surface area contributed by atoms with Gasteiger partial charge in [-0.25, -0.2) is 0 Å². The topological polar surface area (TPSA) is 51.8 Å². The Hall–Kier alpha value is -2.47. The van der Waals surface area contributed by atoms with Crippen molar-refractivity contribution in [2.24, 2.45) is 14.1 Å². The van der Waals surface area contributed by atoms with E-state index in [-0.39, 0.29) is 0 Å². The average molecular weight is 350 g/mol. The molecule has 26 heavy (non-hydrogen) atoms. The van der Waals surface area contributed by atoms with Gasteiger partial charge in [-0.1, -0.05) is 0 Å². The van der Waals surface area contributed by atoms with Crippen LogP contribution < -0.4 is 0 Å². The van der Waals surface area contributed by atoms with Gasteiger partial charge in [0.2, 0.25) is 0 Å². The molecule has 0 N–H and O–H groups in total. The largest absolute Gasteiger partial charge is 0.297 e. The summed E-state index contributed by atoms with van der Waals surface area (Å²) in [5.74, 6) is 0.535. The van der Waals surface area contributed by atoms with Crippen molar-refractivity contribution >= 4 is 0 Å². The minimum Gasteiger partial charge on any atom is -0.297 e. The third kappa shape index (κ3) is 3.55. The first-order valence-corrected chi connectivity index (χ1v) is 9.25. The van der Waals surface area contributed by atoms with Crippen LogP contribution in [-0.4, -0.2) is 42.5 Å². The first kappa shape index (κ1) is 17.0. The number of nitrogens with zero attached hydrogens (tertiary/aromatic N) is 6. The Kier molecular flexibility index (Phi) is 4.59. The SMILES string of the molecule is Cc1cc(-c2cnn(C)c2)cc(C2CCN(Cc3ccnn3C)CC2)n1. The van der Waals surface area contributed by atoms with Crippen LogP contribution in [0.4, 0.5) is 0 Å². The fraction of sp³-hybridized carbons (Fsp3) is 0.450. The van der Waals surface area contributed by atoms with E-state index >= 15 is 0 Å². The van der Waals surface area contributed by atoms with E-state index in [1.165, 1.54) is 17.0 Å². The highest BCUT2D eigenvalue weighted by molar-refractivity contribution is 5.62. The Balaban J connectivity index is 1.46. The van der Waals surface area contributed by atoms with Crippen molar-refractivity contribution in [1.82, 2.24) is 29.4 Å². The number of pyridine rings is 1. The molecular weight excluding hydrogens is 324 g/mol. The van der Waals surface area contributed by atoms with E-state index in [9.17, 15) is 0 Å². The van der Waals surface area contributed by atoms with Gasteiger partial charge in [0.15, 0.2) is 0 Å². The van der Waals surface area contributed by atoms with Gasteiger partial charge in [0, 0.05) is 55.9 Å². The highest BCUT2D eigenvalue weighted by atomic mass is 15.3. The molecule has 3 aromatic heterocycles. The van der Waals surface area contributed by atoms with Crippen molar-refractivity contribution in [2.75, 3.05) is 13.1 Å². The number of hydrogen-bond donors (Lipinski definition) is 0. The van der Waals surface area contributed by atoms with E-state index in [2.05, 4.69) is 46.4 Å². The fourth-order valence-electron chi connectivity index (χ4n) is 3.81. The van der Waals surface area contributed by atoms with Crippen LogP contribution in [0.15, 0.2) is 36.8 Å². The second kappa shape index (κ2) is 7.03. The molecule has 6 heteroatoms. The van der Waals surface area contributed by atoms with Gasteiger partial charge in [0.05, 0.1) is 11.9 Å². The molecule has 4 heterocycles. The lowest BCUT2D eigenvalue weighted by Gasteiger charge is -2.31. The number of rotatable bonds is 4. The van der Waals surface area contributed by atoms with E-state index in [0.717, 1.165) is 43.7 Å². The van der Waals surface area contributed by atoms with Gasteiger partial charge in [-0.05, 0) is 56.6 Å². The quantitative estimate of drug-likeness (QED) is 0.726. The molecule has 1 fully saturated rings. The third-order valence-corrected chi connectivity index (χ3v) is 5.33. The summed E-state index contributed by atoms with van der Waals surface area (Å²) in [6.07, 6.45) is 8.17. The molecule has 0 bridgehead atoms. The smallest absolute Gasteiger partial charge is 0.0568 e. The lowest BCUT2D eigenvalue weighted by molar-refractivity contribution is 0.199. The standard InChI is InChI=1S/C20H26N6/c1-15-10-17(18-12-22-24(2)13-18)11-20(23-15)16-5-8-26(9-6-16)14-19-4-7-21-25(19)3/h4,7,10-13,16H,5-6,8-9,14H2,1-3H3. The first-order valence-electron chi connectivity index (χ1n) is 9.25. The summed E-state index contributed by atoms with van der Waals surface area (Å²) in [5.41, 5.74) is 5.96. The van der Waals surface area contributed by atoms with Crippen LogP contribution in [-0.2, 0) is 20.6 Å². The lowest BCUT2D eigenvalue weighted by Crippen LogP contribution is -2.33. The third-order valence-electron chi connectivity index (χ3n) is 5.33. The van der Waals surface area contributed by atoms with Crippen LogP contribution in [0.1, 0.15) is 35.8 Å². The molecule has 0 saturated carbocycles. The van der Waals surface area contributed by atoms with E-state index in [1.54, 1.807) is 0 Å². The summed E-state index contributed by atoms with van der Waals surface area (Å²) in [6, 6.07) is 6.51. The number of piperidine rings is 1. The molecule has 6 nitrogen and oxygen atoms in total. The summed E-state index contributed by atoms with van der Waals surface area (Å²) in [4.78, 5) is 7.36. The maximum Gasteiger partial charge on any atom is 0.0568 e. The zero-order valence-electron chi connectivity index (χ0n) is 15.8. The summed E-state index contributed by atoms with van der Waals surface area (Å²) in [5, 5.41) is 8.57. The van der Waals surface area contributed by atoms with Gasteiger partial charge in [-0.2, -0.15) is 10.2 Å². The minimum atomic E-state index is 0.535. The second-order valence-electron chi connectivity index (χ2n) is 7.32. The molecule has 4 rings (SSSR count). The number of aryl methyl sites for hydroxylation is 3. The molecule has 0 amide bonds. The summed E-state index contributed by atoms with van der Waals surface area (Å²) in [6.45, 7) is 5.27. The molecule has 0 aromatic carbocycles. The number of hydrogen-bond acceptors (Lipinski definition) is 4. The van der Waals surface area contributed by atoms with Gasteiger partial charge in [0.1, 0.15) is 0 Å². The lowest BCUT2D eigenvalue weighted by atomic mass is 9.91. The van der Waals surface area contributed by atoms with Crippen molar-refractivity contribution in [3.8, 4) is 11.1 Å². The van der Waals surface area contributed by atoms with Crippen LogP contribution >= 0.6 is 0 Å². The molecule has 3 aromatic rings. The highest BCUT2D eigenvalue weighted by Crippen LogP contribution is 2.30.